The van der Waals surface area contributed by atoms with Crippen LogP contribution in [0.15, 0.2) is 66.2 Å². The van der Waals surface area contributed by atoms with Crippen LogP contribution in [0.5, 0.6) is 11.5 Å². The Morgan fingerprint density at radius 1 is 1.00 bits per heavy atom. The lowest BCUT2D eigenvalue weighted by atomic mass is 9.94. The predicted molar refractivity (Wildman–Crippen MR) is 130 cm³/mol. The summed E-state index contributed by atoms with van der Waals surface area (Å²) in [7, 11) is 0. The van der Waals surface area contributed by atoms with Crippen molar-refractivity contribution < 1.29 is 24.5 Å². The molecule has 2 unspecified atom stereocenters. The minimum Gasteiger partial charge on any atom is -0.508 e. The van der Waals surface area contributed by atoms with Crippen molar-refractivity contribution in [3.63, 3.8) is 0 Å². The molecule has 2 aliphatic heterocycles. The summed E-state index contributed by atoms with van der Waals surface area (Å²) in [4.78, 5) is 27.7. The number of aromatic hydroxyl groups is 1. The summed E-state index contributed by atoms with van der Waals surface area (Å²) in [6.45, 7) is 1.95. The Morgan fingerprint density at radius 2 is 1.74 bits per heavy atom. The molecule has 0 saturated carbocycles. The number of hydrogen-bond acceptors (Lipinski definition) is 5. The second-order valence-electron chi connectivity index (χ2n) is 8.31. The number of nitrogens with zero attached hydrogens (tertiary/aromatic N) is 1. The third-order valence-corrected chi connectivity index (χ3v) is 6.74. The molecular weight excluding hydrogens is 477 g/mol. The standard InChI is InChI=1S/C26H19Cl2NO5/c1-13-10-16-11-15(4-9-21(16)34-13)24(31)22-23(14-2-6-18(30)7-3-14)29(26(33)25(22)32)17-5-8-19(27)20(28)12-17/h2-9,11-13,23,30-31H,10H2,1H3/b24-22-. The molecular formula is C26H19Cl2NO5. The Kier molecular flexibility index (Phi) is 5.50. The summed E-state index contributed by atoms with van der Waals surface area (Å²) in [5.74, 6) is -1.16. The summed E-state index contributed by atoms with van der Waals surface area (Å²) >= 11 is 12.2. The molecule has 34 heavy (non-hydrogen) atoms. The normalized spacial score (nSPS) is 21.0. The monoisotopic (exact) mass is 495 g/mol. The van der Waals surface area contributed by atoms with Gasteiger partial charge in [-0.3, -0.25) is 14.5 Å². The number of aliphatic hydroxyl groups excluding tert-OH is 1. The number of anilines is 1. The number of aliphatic hydroxyl groups is 1. The van der Waals surface area contributed by atoms with E-state index in [4.69, 9.17) is 27.9 Å². The molecule has 0 aliphatic carbocycles. The molecule has 3 aromatic rings. The van der Waals surface area contributed by atoms with Gasteiger partial charge in [-0.2, -0.15) is 0 Å². The maximum absolute atomic E-state index is 13.2. The Morgan fingerprint density at radius 3 is 2.44 bits per heavy atom. The van der Waals surface area contributed by atoms with Gasteiger partial charge in [0.2, 0.25) is 0 Å². The first-order valence-corrected chi connectivity index (χ1v) is 11.3. The van der Waals surface area contributed by atoms with Gasteiger partial charge in [-0.05, 0) is 66.6 Å². The van der Waals surface area contributed by atoms with E-state index in [1.165, 1.54) is 29.2 Å². The zero-order chi connectivity index (χ0) is 24.1. The minimum atomic E-state index is -0.943. The van der Waals surface area contributed by atoms with Crippen molar-refractivity contribution in [3.8, 4) is 11.5 Å². The Bertz CT molecular complexity index is 1370. The predicted octanol–water partition coefficient (Wildman–Crippen LogP) is 5.65. The largest absolute Gasteiger partial charge is 0.508 e. The molecule has 1 amide bonds. The average molecular weight is 496 g/mol. The molecule has 3 aromatic carbocycles. The topological polar surface area (TPSA) is 87.1 Å². The van der Waals surface area contributed by atoms with Gasteiger partial charge < -0.3 is 14.9 Å². The quantitative estimate of drug-likeness (QED) is 0.278. The fourth-order valence-electron chi connectivity index (χ4n) is 4.43. The van der Waals surface area contributed by atoms with E-state index in [1.807, 2.05) is 6.92 Å². The maximum atomic E-state index is 13.2. The third-order valence-electron chi connectivity index (χ3n) is 6.00. The summed E-state index contributed by atoms with van der Waals surface area (Å²) in [5, 5.41) is 21.6. The SMILES string of the molecule is CC1Cc2cc(/C(O)=C3/C(=O)C(=O)N(c4ccc(Cl)c(Cl)c4)C3c3ccc(O)cc3)ccc2O1. The molecule has 8 heteroatoms. The van der Waals surface area contributed by atoms with Crippen molar-refractivity contribution in [1.29, 1.82) is 0 Å². The van der Waals surface area contributed by atoms with Crippen LogP contribution in [0.1, 0.15) is 29.7 Å². The van der Waals surface area contributed by atoms with Crippen LogP contribution in [0.4, 0.5) is 5.69 Å². The van der Waals surface area contributed by atoms with Crippen molar-refractivity contribution in [3.05, 3.63) is 93.0 Å². The van der Waals surface area contributed by atoms with E-state index in [9.17, 15) is 19.8 Å². The molecule has 5 rings (SSSR count). The smallest absolute Gasteiger partial charge is 0.300 e. The number of ether oxygens (including phenoxy) is 1. The minimum absolute atomic E-state index is 0.0182. The van der Waals surface area contributed by atoms with Gasteiger partial charge in [0.05, 0.1) is 21.7 Å². The Balaban J connectivity index is 1.69. The van der Waals surface area contributed by atoms with Gasteiger partial charge in [0, 0.05) is 17.7 Å². The molecule has 1 fully saturated rings. The van der Waals surface area contributed by atoms with E-state index in [1.54, 1.807) is 36.4 Å². The molecule has 0 spiro atoms. The van der Waals surface area contributed by atoms with E-state index in [-0.39, 0.29) is 28.2 Å². The summed E-state index contributed by atoms with van der Waals surface area (Å²) < 4.78 is 5.73. The number of halogens is 2. The molecule has 2 N–H and O–H groups in total. The van der Waals surface area contributed by atoms with Gasteiger partial charge in [-0.25, -0.2) is 0 Å². The third kappa shape index (κ3) is 3.69. The lowest BCUT2D eigenvalue weighted by Crippen LogP contribution is -2.29. The second kappa shape index (κ2) is 8.38. The number of ketones is 1. The van der Waals surface area contributed by atoms with Gasteiger partial charge in [-0.15, -0.1) is 0 Å². The fourth-order valence-corrected chi connectivity index (χ4v) is 4.72. The highest BCUT2D eigenvalue weighted by atomic mass is 35.5. The van der Waals surface area contributed by atoms with E-state index in [2.05, 4.69) is 0 Å². The van der Waals surface area contributed by atoms with E-state index >= 15 is 0 Å². The number of amides is 1. The highest BCUT2D eigenvalue weighted by Crippen LogP contribution is 2.44. The van der Waals surface area contributed by atoms with Gasteiger partial charge >= 0.3 is 0 Å². The van der Waals surface area contributed by atoms with Crippen molar-refractivity contribution in [1.82, 2.24) is 0 Å². The summed E-state index contributed by atoms with van der Waals surface area (Å²) in [6.07, 6.45) is 0.694. The molecule has 172 valence electrons. The van der Waals surface area contributed by atoms with Crippen molar-refractivity contribution in [2.45, 2.75) is 25.5 Å². The number of benzene rings is 3. The highest BCUT2D eigenvalue weighted by Gasteiger charge is 2.47. The van der Waals surface area contributed by atoms with Crippen LogP contribution in [0.3, 0.4) is 0 Å². The average Bonchev–Trinajstić information content (AvgIpc) is 3.31. The summed E-state index contributed by atoms with van der Waals surface area (Å²) in [5.41, 5.74) is 2.14. The molecule has 1 saturated heterocycles. The van der Waals surface area contributed by atoms with Crippen LogP contribution < -0.4 is 9.64 Å². The Labute approximate surface area is 205 Å². The summed E-state index contributed by atoms with van der Waals surface area (Å²) in [6, 6.07) is 15.0. The number of carbonyl (C=O) groups excluding carboxylic acids is 2. The lowest BCUT2D eigenvalue weighted by Gasteiger charge is -2.25. The lowest BCUT2D eigenvalue weighted by molar-refractivity contribution is -0.132. The van der Waals surface area contributed by atoms with Gasteiger partial charge in [0.25, 0.3) is 11.7 Å². The maximum Gasteiger partial charge on any atom is 0.300 e. The number of phenolic OH excluding ortho intramolecular Hbond substituents is 1. The van der Waals surface area contributed by atoms with Crippen LogP contribution in [-0.2, 0) is 16.0 Å². The van der Waals surface area contributed by atoms with E-state index < -0.39 is 17.7 Å². The molecule has 0 radical (unpaired) electrons. The molecule has 2 atom stereocenters. The molecule has 2 aliphatic rings. The van der Waals surface area contributed by atoms with Gasteiger partial charge in [-0.1, -0.05) is 35.3 Å². The zero-order valence-electron chi connectivity index (χ0n) is 18.0. The highest BCUT2D eigenvalue weighted by molar-refractivity contribution is 6.52. The van der Waals surface area contributed by atoms with Crippen molar-refractivity contribution in [2.75, 3.05) is 4.90 Å². The first kappa shape index (κ1) is 22.3. The molecule has 0 bridgehead atoms. The zero-order valence-corrected chi connectivity index (χ0v) is 19.5. The van der Waals surface area contributed by atoms with Gasteiger partial charge in [0.15, 0.2) is 0 Å². The van der Waals surface area contributed by atoms with Crippen LogP contribution >= 0.6 is 23.2 Å². The molecule has 0 aromatic heterocycles. The number of fused-ring (bicyclic) bond motifs is 1. The number of phenols is 1. The first-order chi connectivity index (χ1) is 16.2. The first-order valence-electron chi connectivity index (χ1n) is 10.6. The molecule has 6 nitrogen and oxygen atoms in total. The van der Waals surface area contributed by atoms with Crippen LogP contribution in [-0.4, -0.2) is 28.0 Å². The van der Waals surface area contributed by atoms with E-state index in [0.717, 1.165) is 11.3 Å². The van der Waals surface area contributed by atoms with Crippen LogP contribution in [0, 0.1) is 0 Å². The van der Waals surface area contributed by atoms with Crippen molar-refractivity contribution >= 4 is 46.3 Å². The molecule has 2 heterocycles. The number of Topliss-reactive ketones (excluding diaryl/α,β-unsaturated/α-hetero) is 1. The fraction of sp³-hybridized carbons (Fsp3) is 0.154. The van der Waals surface area contributed by atoms with Crippen LogP contribution in [0.2, 0.25) is 10.0 Å². The van der Waals surface area contributed by atoms with Crippen LogP contribution in [0.25, 0.3) is 5.76 Å². The van der Waals surface area contributed by atoms with Gasteiger partial charge in [0.1, 0.15) is 23.4 Å². The Hall–Kier alpha value is -3.48. The van der Waals surface area contributed by atoms with Crippen molar-refractivity contribution in [2.24, 2.45) is 0 Å². The number of rotatable bonds is 3. The number of hydrogen-bond donors (Lipinski definition) is 2. The van der Waals surface area contributed by atoms with E-state index in [0.29, 0.717) is 28.3 Å². The second-order valence-corrected chi connectivity index (χ2v) is 9.13. The number of carbonyl (C=O) groups is 2.